The number of nitrogens with zero attached hydrogens (tertiary/aromatic N) is 4. The Labute approximate surface area is 162 Å². The van der Waals surface area contributed by atoms with Gasteiger partial charge in [-0.3, -0.25) is 9.20 Å². The van der Waals surface area contributed by atoms with Crippen LogP contribution in [0.25, 0.3) is 5.65 Å². The number of hydrogen-bond acceptors (Lipinski definition) is 5. The van der Waals surface area contributed by atoms with Crippen molar-refractivity contribution < 1.29 is 4.79 Å². The number of likely N-dealkylation sites (tertiary alicyclic amines) is 1. The molecule has 0 saturated carbocycles. The standard InChI is InChI=1S/C16H14Cl2N4OS2/c17-10-7-11(18)15-19-20-16(22(15)8-10)25-9-14(23)21-5-1-3-12(21)13-4-2-6-24-13/h2,4,6-8,12H,1,3,5,9H2. The molecule has 1 unspecified atom stereocenters. The molecule has 0 bridgehead atoms. The maximum atomic E-state index is 12.7. The van der Waals surface area contributed by atoms with Crippen LogP contribution in [0.1, 0.15) is 23.8 Å². The number of thioether (sulfide) groups is 1. The maximum Gasteiger partial charge on any atom is 0.233 e. The van der Waals surface area contributed by atoms with Gasteiger partial charge in [-0.2, -0.15) is 0 Å². The molecule has 1 atom stereocenters. The summed E-state index contributed by atoms with van der Waals surface area (Å²) in [7, 11) is 0. The van der Waals surface area contributed by atoms with Gasteiger partial charge in [-0.25, -0.2) is 0 Å². The quantitative estimate of drug-likeness (QED) is 0.589. The van der Waals surface area contributed by atoms with Crippen LogP contribution in [0.3, 0.4) is 0 Å². The van der Waals surface area contributed by atoms with Crippen LogP contribution in [-0.4, -0.2) is 37.7 Å². The Hall–Kier alpha value is -1.28. The van der Waals surface area contributed by atoms with Crippen LogP contribution < -0.4 is 0 Å². The lowest BCUT2D eigenvalue weighted by atomic mass is 10.2. The van der Waals surface area contributed by atoms with Crippen molar-refractivity contribution in [3.8, 4) is 0 Å². The van der Waals surface area contributed by atoms with Gasteiger partial charge >= 0.3 is 0 Å². The fourth-order valence-corrected chi connectivity index (χ4v) is 5.23. The zero-order chi connectivity index (χ0) is 17.4. The van der Waals surface area contributed by atoms with Crippen molar-refractivity contribution in [1.29, 1.82) is 0 Å². The van der Waals surface area contributed by atoms with E-state index in [1.165, 1.54) is 16.6 Å². The summed E-state index contributed by atoms with van der Waals surface area (Å²) in [4.78, 5) is 15.9. The van der Waals surface area contributed by atoms with E-state index >= 15 is 0 Å². The Morgan fingerprint density at radius 3 is 3.08 bits per heavy atom. The van der Waals surface area contributed by atoms with Crippen LogP contribution in [-0.2, 0) is 4.79 Å². The first kappa shape index (κ1) is 17.1. The average molecular weight is 413 g/mol. The molecule has 0 radical (unpaired) electrons. The zero-order valence-corrected chi connectivity index (χ0v) is 16.2. The van der Waals surface area contributed by atoms with Crippen molar-refractivity contribution in [2.75, 3.05) is 12.3 Å². The number of halogens is 2. The van der Waals surface area contributed by atoms with Crippen LogP contribution in [0.5, 0.6) is 0 Å². The lowest BCUT2D eigenvalue weighted by Gasteiger charge is -2.23. The summed E-state index contributed by atoms with van der Waals surface area (Å²) >= 11 is 15.2. The second-order valence-electron chi connectivity index (χ2n) is 5.73. The van der Waals surface area contributed by atoms with Crippen molar-refractivity contribution in [3.05, 3.63) is 44.7 Å². The van der Waals surface area contributed by atoms with E-state index in [1.54, 1.807) is 28.0 Å². The van der Waals surface area contributed by atoms with Crippen molar-refractivity contribution >= 4 is 57.9 Å². The SMILES string of the molecule is O=C(CSc1nnc2c(Cl)cc(Cl)cn12)N1CCCC1c1cccs1. The number of pyridine rings is 1. The van der Waals surface area contributed by atoms with E-state index in [1.807, 2.05) is 11.0 Å². The monoisotopic (exact) mass is 412 g/mol. The first-order valence-corrected chi connectivity index (χ1v) is 10.4. The molecular formula is C16H14Cl2N4OS2. The number of hydrogen-bond donors (Lipinski definition) is 0. The Balaban J connectivity index is 1.49. The highest BCUT2D eigenvalue weighted by atomic mass is 35.5. The van der Waals surface area contributed by atoms with Gasteiger partial charge in [-0.15, -0.1) is 21.5 Å². The number of carbonyl (C=O) groups excluding carboxylic acids is 1. The molecule has 1 fully saturated rings. The Bertz CT molecular complexity index is 912. The maximum absolute atomic E-state index is 12.7. The molecule has 9 heteroatoms. The molecule has 1 saturated heterocycles. The van der Waals surface area contributed by atoms with Crippen molar-refractivity contribution in [3.63, 3.8) is 0 Å². The van der Waals surface area contributed by atoms with Gasteiger partial charge in [-0.05, 0) is 30.4 Å². The summed E-state index contributed by atoms with van der Waals surface area (Å²) in [5, 5.41) is 11.8. The molecule has 0 aliphatic carbocycles. The number of rotatable bonds is 4. The average Bonchev–Trinajstić information content (AvgIpc) is 3.32. The van der Waals surface area contributed by atoms with Crippen molar-refractivity contribution in [1.82, 2.24) is 19.5 Å². The third-order valence-corrected chi connectivity index (χ3v) is 6.55. The smallest absolute Gasteiger partial charge is 0.233 e. The molecule has 1 amide bonds. The highest BCUT2D eigenvalue weighted by molar-refractivity contribution is 7.99. The molecule has 0 N–H and O–H groups in total. The number of aromatic nitrogens is 3. The van der Waals surface area contributed by atoms with Crippen LogP contribution >= 0.6 is 46.3 Å². The highest BCUT2D eigenvalue weighted by Crippen LogP contribution is 2.35. The first-order valence-electron chi connectivity index (χ1n) is 7.79. The lowest BCUT2D eigenvalue weighted by molar-refractivity contribution is -0.129. The topological polar surface area (TPSA) is 50.5 Å². The largest absolute Gasteiger partial charge is 0.334 e. The normalized spacial score (nSPS) is 17.5. The molecule has 0 spiro atoms. The van der Waals surface area contributed by atoms with Crippen LogP contribution in [0.15, 0.2) is 34.9 Å². The van der Waals surface area contributed by atoms with Crippen LogP contribution in [0.2, 0.25) is 10.0 Å². The van der Waals surface area contributed by atoms with Crippen LogP contribution in [0, 0.1) is 0 Å². The lowest BCUT2D eigenvalue weighted by Crippen LogP contribution is -2.31. The van der Waals surface area contributed by atoms with Gasteiger partial charge in [0, 0.05) is 17.6 Å². The minimum Gasteiger partial charge on any atom is -0.334 e. The molecule has 3 aromatic heterocycles. The summed E-state index contributed by atoms with van der Waals surface area (Å²) in [5.74, 6) is 0.429. The van der Waals surface area contributed by atoms with Crippen molar-refractivity contribution in [2.24, 2.45) is 0 Å². The second kappa shape index (κ2) is 7.15. The second-order valence-corrected chi connectivity index (χ2v) is 8.50. The number of fused-ring (bicyclic) bond motifs is 1. The molecular weight excluding hydrogens is 399 g/mol. The van der Waals surface area contributed by atoms with E-state index in [0.29, 0.717) is 26.6 Å². The Kier molecular flexibility index (Phi) is 4.90. The Morgan fingerprint density at radius 1 is 1.40 bits per heavy atom. The van der Waals surface area contributed by atoms with E-state index in [0.717, 1.165) is 19.4 Å². The number of thiophene rings is 1. The van der Waals surface area contributed by atoms with E-state index in [4.69, 9.17) is 23.2 Å². The van der Waals surface area contributed by atoms with Gasteiger partial charge in [0.1, 0.15) is 0 Å². The molecule has 25 heavy (non-hydrogen) atoms. The van der Waals surface area contributed by atoms with Gasteiger partial charge in [0.25, 0.3) is 0 Å². The number of carbonyl (C=O) groups is 1. The molecule has 5 nitrogen and oxygen atoms in total. The summed E-state index contributed by atoms with van der Waals surface area (Å²) in [6.45, 7) is 0.806. The summed E-state index contributed by atoms with van der Waals surface area (Å²) in [5.41, 5.74) is 0.540. The van der Waals surface area contributed by atoms with Crippen LogP contribution in [0.4, 0.5) is 0 Å². The third-order valence-electron chi connectivity index (χ3n) is 4.16. The van der Waals surface area contributed by atoms with Crippen molar-refractivity contribution in [2.45, 2.75) is 24.0 Å². The molecule has 1 aliphatic heterocycles. The van der Waals surface area contributed by atoms with Gasteiger partial charge in [0.15, 0.2) is 10.8 Å². The highest BCUT2D eigenvalue weighted by Gasteiger charge is 2.30. The third kappa shape index (κ3) is 3.38. The zero-order valence-electron chi connectivity index (χ0n) is 13.1. The van der Waals surface area contributed by atoms with Gasteiger partial charge < -0.3 is 4.90 Å². The van der Waals surface area contributed by atoms with Gasteiger partial charge in [0.05, 0.1) is 21.8 Å². The fourth-order valence-electron chi connectivity index (χ4n) is 3.05. The predicted octanol–water partition coefficient (Wildman–Crippen LogP) is 4.55. The van der Waals surface area contributed by atoms with E-state index in [-0.39, 0.29) is 11.9 Å². The molecule has 0 aromatic carbocycles. The summed E-state index contributed by atoms with van der Waals surface area (Å²) in [6.07, 6.45) is 3.77. The first-order chi connectivity index (χ1) is 12.1. The fraction of sp³-hybridized carbons (Fsp3) is 0.312. The minimum atomic E-state index is 0.116. The molecule has 4 rings (SSSR count). The van der Waals surface area contributed by atoms with Gasteiger partial charge in [0.2, 0.25) is 5.91 Å². The molecule has 1 aliphatic rings. The summed E-state index contributed by atoms with van der Waals surface area (Å²) in [6, 6.07) is 5.96. The molecule has 130 valence electrons. The molecule has 3 aromatic rings. The van der Waals surface area contributed by atoms with E-state index in [9.17, 15) is 4.79 Å². The number of amides is 1. The van der Waals surface area contributed by atoms with E-state index < -0.39 is 0 Å². The Morgan fingerprint density at radius 2 is 2.28 bits per heavy atom. The molecule has 4 heterocycles. The van der Waals surface area contributed by atoms with Gasteiger partial charge in [-0.1, -0.05) is 41.0 Å². The van der Waals surface area contributed by atoms with E-state index in [2.05, 4.69) is 21.6 Å². The predicted molar refractivity (Wildman–Crippen MR) is 102 cm³/mol. The summed E-state index contributed by atoms with van der Waals surface area (Å²) < 4.78 is 1.73. The minimum absolute atomic E-state index is 0.116.